The van der Waals surface area contributed by atoms with Crippen molar-refractivity contribution in [2.24, 2.45) is 10.3 Å². The van der Waals surface area contributed by atoms with E-state index in [9.17, 15) is 13.5 Å². The molecule has 0 amide bonds. The summed E-state index contributed by atoms with van der Waals surface area (Å²) in [5.74, 6) is 0.702. The Labute approximate surface area is 160 Å². The molecule has 0 aliphatic carbocycles. The van der Waals surface area contributed by atoms with Crippen molar-refractivity contribution in [3.8, 4) is 5.75 Å². The minimum Gasteiger partial charge on any atom is -0.497 e. The summed E-state index contributed by atoms with van der Waals surface area (Å²) in [6.45, 7) is 2.54. The first-order valence-electron chi connectivity index (χ1n) is 8.76. The van der Waals surface area contributed by atoms with Gasteiger partial charge in [0.25, 0.3) is 10.0 Å². The van der Waals surface area contributed by atoms with Gasteiger partial charge < -0.3 is 14.7 Å². The summed E-state index contributed by atoms with van der Waals surface area (Å²) in [5.41, 5.74) is 1.68. The van der Waals surface area contributed by atoms with Gasteiger partial charge in [-0.15, -0.1) is 4.40 Å². The molecular weight excluding hydrogens is 364 g/mol. The molecule has 2 atom stereocenters. The number of amidine groups is 1. The topological polar surface area (TPSA) is 79.2 Å². The zero-order valence-corrected chi connectivity index (χ0v) is 16.5. The van der Waals surface area contributed by atoms with E-state index in [1.165, 1.54) is 0 Å². The van der Waals surface area contributed by atoms with Crippen molar-refractivity contribution in [2.75, 3.05) is 20.7 Å². The van der Waals surface area contributed by atoms with Crippen molar-refractivity contribution in [2.45, 2.75) is 24.3 Å². The number of sulfonamides is 1. The lowest BCUT2D eigenvalue weighted by molar-refractivity contribution is 0.141. The van der Waals surface area contributed by atoms with Crippen molar-refractivity contribution in [1.82, 2.24) is 4.90 Å². The van der Waals surface area contributed by atoms with Crippen LogP contribution >= 0.6 is 0 Å². The van der Waals surface area contributed by atoms with Crippen molar-refractivity contribution in [3.63, 3.8) is 0 Å². The molecule has 27 heavy (non-hydrogen) atoms. The number of methoxy groups -OCH3 is 1. The third kappa shape index (κ3) is 4.14. The van der Waals surface area contributed by atoms with E-state index in [1.807, 2.05) is 6.92 Å². The lowest BCUT2D eigenvalue weighted by Gasteiger charge is -2.21. The van der Waals surface area contributed by atoms with Crippen molar-refractivity contribution in [3.05, 3.63) is 59.7 Å². The van der Waals surface area contributed by atoms with Gasteiger partial charge in [0.05, 0.1) is 18.1 Å². The van der Waals surface area contributed by atoms with Crippen LogP contribution in [0.4, 0.5) is 0 Å². The molecule has 3 rings (SSSR count). The van der Waals surface area contributed by atoms with Crippen LogP contribution in [0.3, 0.4) is 0 Å². The lowest BCUT2D eigenvalue weighted by atomic mass is 9.94. The first-order valence-corrected chi connectivity index (χ1v) is 10.2. The molecular formula is C20H24N2O4S. The van der Waals surface area contributed by atoms with Gasteiger partial charge in [-0.2, -0.15) is 8.42 Å². The van der Waals surface area contributed by atoms with Crippen LogP contribution in [0.2, 0.25) is 0 Å². The fraction of sp³-hybridized carbons (Fsp3) is 0.350. The van der Waals surface area contributed by atoms with Gasteiger partial charge >= 0.3 is 0 Å². The molecule has 1 aliphatic rings. The van der Waals surface area contributed by atoms with E-state index < -0.39 is 16.1 Å². The summed E-state index contributed by atoms with van der Waals surface area (Å²) in [4.78, 5) is 1.95. The first-order chi connectivity index (χ1) is 12.8. The molecule has 0 saturated carbocycles. The minimum absolute atomic E-state index is 0.151. The van der Waals surface area contributed by atoms with E-state index in [0.29, 0.717) is 30.1 Å². The molecule has 0 bridgehead atoms. The molecule has 0 radical (unpaired) electrons. The number of hydrogen-bond acceptors (Lipinski definition) is 4. The number of aliphatic hydroxyl groups excluding tert-OH is 1. The van der Waals surface area contributed by atoms with Gasteiger partial charge in [0.1, 0.15) is 11.6 Å². The zero-order chi connectivity index (χ0) is 19.6. The number of likely N-dealkylation sites (tertiary alicyclic amines) is 1. The fourth-order valence-electron chi connectivity index (χ4n) is 3.22. The monoisotopic (exact) mass is 388 g/mol. The smallest absolute Gasteiger partial charge is 0.283 e. The van der Waals surface area contributed by atoms with Crippen molar-refractivity contribution < 1.29 is 18.3 Å². The van der Waals surface area contributed by atoms with Gasteiger partial charge in [-0.05, 0) is 43.2 Å². The van der Waals surface area contributed by atoms with Crippen molar-refractivity contribution >= 4 is 15.9 Å². The average molecular weight is 388 g/mol. The molecule has 1 fully saturated rings. The molecule has 0 aromatic heterocycles. The highest BCUT2D eigenvalue weighted by atomic mass is 32.2. The second-order valence-corrected chi connectivity index (χ2v) is 8.38. The van der Waals surface area contributed by atoms with Crippen LogP contribution in [-0.4, -0.2) is 45.0 Å². The normalized spacial score (nSPS) is 20.1. The largest absolute Gasteiger partial charge is 0.497 e. The van der Waals surface area contributed by atoms with Crippen LogP contribution in [0.1, 0.15) is 23.7 Å². The Balaban J connectivity index is 1.92. The Morgan fingerprint density at radius 2 is 1.78 bits per heavy atom. The molecule has 0 unspecified atom stereocenters. The summed E-state index contributed by atoms with van der Waals surface area (Å²) in [6.07, 6.45) is -0.209. The van der Waals surface area contributed by atoms with Gasteiger partial charge in [-0.3, -0.25) is 0 Å². The highest BCUT2D eigenvalue weighted by Gasteiger charge is 2.35. The van der Waals surface area contributed by atoms with E-state index in [1.54, 1.807) is 67.6 Å². The molecule has 2 aromatic rings. The Bertz CT molecular complexity index is 921. The van der Waals surface area contributed by atoms with E-state index in [4.69, 9.17) is 4.74 Å². The number of rotatable bonds is 5. The third-order valence-electron chi connectivity index (χ3n) is 4.87. The molecule has 1 aliphatic heterocycles. The number of aliphatic hydroxyl groups is 1. The Morgan fingerprint density at radius 1 is 1.15 bits per heavy atom. The van der Waals surface area contributed by atoms with Gasteiger partial charge in [-0.25, -0.2) is 0 Å². The maximum atomic E-state index is 12.7. The number of ether oxygens (including phenoxy) is 1. The molecule has 1 N–H and O–H groups in total. The van der Waals surface area contributed by atoms with Gasteiger partial charge in [0.2, 0.25) is 0 Å². The second kappa shape index (κ2) is 7.70. The maximum Gasteiger partial charge on any atom is 0.283 e. The zero-order valence-electron chi connectivity index (χ0n) is 15.7. The molecule has 1 heterocycles. The Hall–Kier alpha value is -2.38. The summed E-state index contributed by atoms with van der Waals surface area (Å²) in [7, 11) is -0.460. The Morgan fingerprint density at radius 3 is 2.37 bits per heavy atom. The average Bonchev–Trinajstić information content (AvgIpc) is 3.01. The van der Waals surface area contributed by atoms with E-state index in [-0.39, 0.29) is 10.8 Å². The predicted octanol–water partition coefficient (Wildman–Crippen LogP) is 2.78. The highest BCUT2D eigenvalue weighted by molar-refractivity contribution is 7.90. The molecule has 2 aromatic carbocycles. The number of benzene rings is 2. The molecule has 1 saturated heterocycles. The summed E-state index contributed by atoms with van der Waals surface area (Å²) < 4.78 is 34.7. The van der Waals surface area contributed by atoms with Crippen molar-refractivity contribution in [1.29, 1.82) is 0 Å². The molecule has 144 valence electrons. The van der Waals surface area contributed by atoms with Gasteiger partial charge in [0, 0.05) is 19.5 Å². The predicted molar refractivity (Wildman–Crippen MR) is 104 cm³/mol. The van der Waals surface area contributed by atoms with E-state index >= 15 is 0 Å². The van der Waals surface area contributed by atoms with Gasteiger partial charge in [0.15, 0.2) is 0 Å². The SMILES string of the molecule is COc1ccc([C@@H](O)[C@@H]2CCN(C)/C2=N/S(=O)(=O)c2ccc(C)cc2)cc1. The van der Waals surface area contributed by atoms with Crippen LogP contribution < -0.4 is 4.74 Å². The number of aryl methyl sites for hydroxylation is 1. The van der Waals surface area contributed by atoms with Crippen LogP contribution in [-0.2, 0) is 10.0 Å². The third-order valence-corrected chi connectivity index (χ3v) is 6.16. The Kier molecular flexibility index (Phi) is 5.53. The van der Waals surface area contributed by atoms with E-state index in [0.717, 1.165) is 5.56 Å². The lowest BCUT2D eigenvalue weighted by Crippen LogP contribution is -2.28. The van der Waals surface area contributed by atoms with Crippen LogP contribution in [0.25, 0.3) is 0 Å². The fourth-order valence-corrected chi connectivity index (χ4v) is 4.32. The molecule has 6 nitrogen and oxygen atoms in total. The highest BCUT2D eigenvalue weighted by Crippen LogP contribution is 2.33. The minimum atomic E-state index is -3.84. The molecule has 0 spiro atoms. The summed E-state index contributed by atoms with van der Waals surface area (Å²) in [5, 5.41) is 10.8. The van der Waals surface area contributed by atoms with E-state index in [2.05, 4.69) is 4.40 Å². The summed E-state index contributed by atoms with van der Waals surface area (Å²) in [6, 6.07) is 13.7. The first kappa shape index (κ1) is 19.4. The van der Waals surface area contributed by atoms with Crippen LogP contribution in [0, 0.1) is 12.8 Å². The maximum absolute atomic E-state index is 12.7. The number of hydrogen-bond donors (Lipinski definition) is 1. The standard InChI is InChI=1S/C20H24N2O4S/c1-14-4-10-17(11-5-14)27(24,25)21-20-18(12-13-22(20)2)19(23)15-6-8-16(26-3)9-7-15/h4-11,18-19,23H,12-13H2,1-3H3/b21-20+/t18-,19+/m0/s1. The second-order valence-electron chi connectivity index (χ2n) is 6.77. The van der Waals surface area contributed by atoms with Crippen LogP contribution in [0.5, 0.6) is 5.75 Å². The summed E-state index contributed by atoms with van der Waals surface area (Å²) >= 11 is 0. The van der Waals surface area contributed by atoms with Crippen LogP contribution in [0.15, 0.2) is 57.8 Å². The van der Waals surface area contributed by atoms with Gasteiger partial charge in [-0.1, -0.05) is 29.8 Å². The molecule has 7 heteroatoms. The number of nitrogens with zero attached hydrogens (tertiary/aromatic N) is 2. The quantitative estimate of drug-likeness (QED) is 0.852.